The van der Waals surface area contributed by atoms with Crippen LogP contribution in [0.2, 0.25) is 0 Å². The second-order valence-electron chi connectivity index (χ2n) is 6.18. The summed E-state index contributed by atoms with van der Waals surface area (Å²) in [6.07, 6.45) is 8.82. The Morgan fingerprint density at radius 2 is 2.16 bits per heavy atom. The van der Waals surface area contributed by atoms with Gasteiger partial charge in [0.15, 0.2) is 5.96 Å². The van der Waals surface area contributed by atoms with E-state index in [2.05, 4.69) is 39.2 Å². The van der Waals surface area contributed by atoms with E-state index in [1.165, 1.54) is 19.3 Å². The van der Waals surface area contributed by atoms with Gasteiger partial charge in [0.25, 0.3) is 0 Å². The van der Waals surface area contributed by atoms with Crippen LogP contribution in [-0.2, 0) is 17.7 Å². The number of nitrogens with one attached hydrogen (secondary N) is 2. The number of hydrogen-bond donors (Lipinski definition) is 2. The molecule has 2 N–H and O–H groups in total. The third-order valence-electron chi connectivity index (χ3n) is 4.21. The third-order valence-corrected chi connectivity index (χ3v) is 4.21. The second-order valence-corrected chi connectivity index (χ2v) is 6.18. The number of aromatic nitrogens is 3. The first-order chi connectivity index (χ1) is 11.8. The van der Waals surface area contributed by atoms with Gasteiger partial charge >= 0.3 is 0 Å². The number of hydrogen-bond acceptors (Lipinski definition) is 4. The first-order valence-electron chi connectivity index (χ1n) is 9.34. The maximum Gasteiger partial charge on any atom is 0.191 e. The van der Waals surface area contributed by atoms with Crippen molar-refractivity contribution in [3.05, 3.63) is 12.2 Å². The van der Waals surface area contributed by atoms with E-state index in [1.807, 2.05) is 0 Å². The molecule has 7 nitrogen and oxygen atoms in total. The van der Waals surface area contributed by atoms with E-state index >= 15 is 0 Å². The molecule has 1 aliphatic rings. The average molecular weight is 464 g/mol. The summed E-state index contributed by atoms with van der Waals surface area (Å²) >= 11 is 0. The van der Waals surface area contributed by atoms with E-state index < -0.39 is 0 Å². The Labute approximate surface area is 168 Å². The van der Waals surface area contributed by atoms with Gasteiger partial charge in [-0.25, -0.2) is 0 Å². The molecule has 0 radical (unpaired) electrons. The molecule has 1 aromatic rings. The number of nitrogens with zero attached hydrogens (tertiary/aromatic N) is 4. The molecule has 1 atom stereocenters. The van der Waals surface area contributed by atoms with Crippen LogP contribution >= 0.6 is 24.0 Å². The Morgan fingerprint density at radius 3 is 2.88 bits per heavy atom. The molecule has 1 unspecified atom stereocenters. The molecular formula is C17H33IN6O. The zero-order chi connectivity index (χ0) is 17.0. The van der Waals surface area contributed by atoms with Gasteiger partial charge in [-0.2, -0.15) is 0 Å². The Morgan fingerprint density at radius 1 is 1.32 bits per heavy atom. The Hall–Kier alpha value is -0.900. The fraction of sp³-hybridized carbons (Fsp3) is 0.824. The van der Waals surface area contributed by atoms with Crippen LogP contribution in [0.1, 0.15) is 51.8 Å². The van der Waals surface area contributed by atoms with Gasteiger partial charge in [-0.05, 0) is 25.7 Å². The summed E-state index contributed by atoms with van der Waals surface area (Å²) in [6.45, 7) is 8.48. The first kappa shape index (κ1) is 22.1. The zero-order valence-electron chi connectivity index (χ0n) is 15.5. The van der Waals surface area contributed by atoms with Crippen molar-refractivity contribution in [3.8, 4) is 0 Å². The molecule has 25 heavy (non-hydrogen) atoms. The van der Waals surface area contributed by atoms with E-state index in [-0.39, 0.29) is 30.1 Å². The summed E-state index contributed by atoms with van der Waals surface area (Å²) < 4.78 is 7.85. The topological polar surface area (TPSA) is 76.4 Å². The lowest BCUT2D eigenvalue weighted by atomic mass is 10.1. The molecule has 0 aromatic carbocycles. The normalized spacial score (nSPS) is 17.8. The standard InChI is InChI=1S/C17H32N6O.HI/c1-3-5-9-18-17(20-13-15-8-6-7-12-24-15)19-10-11-23-14-21-22-16(23)4-2;/h14-15H,3-13H2,1-2H3,(H2,18,19,20);1H. The molecule has 0 bridgehead atoms. The maximum atomic E-state index is 5.76. The van der Waals surface area contributed by atoms with Crippen LogP contribution in [0.4, 0.5) is 0 Å². The summed E-state index contributed by atoms with van der Waals surface area (Å²) in [6, 6.07) is 0. The largest absolute Gasteiger partial charge is 0.376 e. The van der Waals surface area contributed by atoms with E-state index in [0.29, 0.717) is 0 Å². The van der Waals surface area contributed by atoms with E-state index in [4.69, 9.17) is 9.73 Å². The summed E-state index contributed by atoms with van der Waals surface area (Å²) in [5.41, 5.74) is 0. The molecular weight excluding hydrogens is 431 g/mol. The van der Waals surface area contributed by atoms with Crippen molar-refractivity contribution in [1.29, 1.82) is 0 Å². The van der Waals surface area contributed by atoms with Crippen molar-refractivity contribution < 1.29 is 4.74 Å². The van der Waals surface area contributed by atoms with Crippen LogP contribution in [0.5, 0.6) is 0 Å². The van der Waals surface area contributed by atoms with Crippen molar-refractivity contribution in [2.45, 2.75) is 65.0 Å². The molecule has 2 heterocycles. The van der Waals surface area contributed by atoms with Gasteiger partial charge in [0.2, 0.25) is 0 Å². The summed E-state index contributed by atoms with van der Waals surface area (Å²) in [4.78, 5) is 4.71. The highest BCUT2D eigenvalue weighted by Gasteiger charge is 2.13. The quantitative estimate of drug-likeness (QED) is 0.254. The number of aliphatic imine (C=N–C) groups is 1. The molecule has 1 fully saturated rings. The number of ether oxygens (including phenoxy) is 1. The molecule has 8 heteroatoms. The predicted molar refractivity (Wildman–Crippen MR) is 112 cm³/mol. The van der Waals surface area contributed by atoms with Crippen molar-refractivity contribution in [2.75, 3.05) is 26.2 Å². The molecule has 0 aliphatic carbocycles. The summed E-state index contributed by atoms with van der Waals surface area (Å²) in [5.74, 6) is 1.90. The third kappa shape index (κ3) is 8.35. The van der Waals surface area contributed by atoms with Gasteiger partial charge in [-0.15, -0.1) is 34.2 Å². The predicted octanol–water partition coefficient (Wildman–Crippen LogP) is 2.36. The van der Waals surface area contributed by atoms with Crippen LogP contribution in [-0.4, -0.2) is 53.1 Å². The van der Waals surface area contributed by atoms with Crippen LogP contribution < -0.4 is 10.6 Å². The van der Waals surface area contributed by atoms with E-state index in [1.54, 1.807) is 6.33 Å². The Kier molecular flexibility index (Phi) is 11.8. The molecule has 0 amide bonds. The maximum absolute atomic E-state index is 5.76. The molecule has 0 saturated carbocycles. The number of guanidine groups is 1. The first-order valence-corrected chi connectivity index (χ1v) is 9.34. The van der Waals surface area contributed by atoms with Gasteiger partial charge in [0, 0.05) is 32.7 Å². The van der Waals surface area contributed by atoms with E-state index in [0.717, 1.165) is 63.8 Å². The van der Waals surface area contributed by atoms with Gasteiger partial charge in [-0.3, -0.25) is 4.99 Å². The lowest BCUT2D eigenvalue weighted by Crippen LogP contribution is -2.40. The zero-order valence-corrected chi connectivity index (χ0v) is 17.9. The molecule has 0 spiro atoms. The lowest BCUT2D eigenvalue weighted by molar-refractivity contribution is 0.0224. The minimum absolute atomic E-state index is 0. The Balaban J connectivity index is 0.00000312. The fourth-order valence-electron chi connectivity index (χ4n) is 2.74. The number of halogens is 1. The fourth-order valence-corrected chi connectivity index (χ4v) is 2.74. The monoisotopic (exact) mass is 464 g/mol. The minimum Gasteiger partial charge on any atom is -0.376 e. The second kappa shape index (κ2) is 13.3. The number of unbranched alkanes of at least 4 members (excludes halogenated alkanes) is 1. The number of aryl methyl sites for hydroxylation is 1. The average Bonchev–Trinajstić information content (AvgIpc) is 3.08. The molecule has 1 saturated heterocycles. The summed E-state index contributed by atoms with van der Waals surface area (Å²) in [7, 11) is 0. The lowest BCUT2D eigenvalue weighted by Gasteiger charge is -2.21. The van der Waals surface area contributed by atoms with Crippen LogP contribution in [0.25, 0.3) is 0 Å². The van der Waals surface area contributed by atoms with Crippen molar-refractivity contribution in [1.82, 2.24) is 25.4 Å². The molecule has 1 aromatic heterocycles. The van der Waals surface area contributed by atoms with Gasteiger partial charge in [0.1, 0.15) is 12.2 Å². The smallest absolute Gasteiger partial charge is 0.191 e. The highest BCUT2D eigenvalue weighted by molar-refractivity contribution is 14.0. The van der Waals surface area contributed by atoms with Crippen LogP contribution in [0.3, 0.4) is 0 Å². The van der Waals surface area contributed by atoms with Gasteiger partial charge < -0.3 is 19.9 Å². The highest BCUT2D eigenvalue weighted by Crippen LogP contribution is 2.12. The summed E-state index contributed by atoms with van der Waals surface area (Å²) in [5, 5.41) is 14.9. The molecule has 144 valence electrons. The number of rotatable bonds is 9. The Bertz CT molecular complexity index is 487. The van der Waals surface area contributed by atoms with Gasteiger partial charge in [0.05, 0.1) is 12.6 Å². The van der Waals surface area contributed by atoms with Crippen LogP contribution in [0, 0.1) is 0 Å². The van der Waals surface area contributed by atoms with Crippen LogP contribution in [0.15, 0.2) is 11.3 Å². The van der Waals surface area contributed by atoms with Crippen molar-refractivity contribution >= 4 is 29.9 Å². The highest BCUT2D eigenvalue weighted by atomic mass is 127. The van der Waals surface area contributed by atoms with Crippen molar-refractivity contribution in [3.63, 3.8) is 0 Å². The molecule has 1 aliphatic heterocycles. The van der Waals surface area contributed by atoms with E-state index in [9.17, 15) is 0 Å². The van der Waals surface area contributed by atoms with Gasteiger partial charge in [-0.1, -0.05) is 20.3 Å². The SMILES string of the molecule is CCCCNC(=NCC1CCCCO1)NCCn1cnnc1CC.I. The minimum atomic E-state index is 0. The molecule has 2 rings (SSSR count). The van der Waals surface area contributed by atoms with Crippen molar-refractivity contribution in [2.24, 2.45) is 4.99 Å².